The van der Waals surface area contributed by atoms with Gasteiger partial charge in [0.2, 0.25) is 0 Å². The minimum Gasteiger partial charge on any atom is -0.455 e. The first-order valence-corrected chi connectivity index (χ1v) is 18.1. The fraction of sp³-hybridized carbons (Fsp3) is 0.500. The molecule has 10 heteroatoms. The van der Waals surface area contributed by atoms with E-state index in [2.05, 4.69) is 36.4 Å². The van der Waals surface area contributed by atoms with Gasteiger partial charge in [0, 0.05) is 0 Å². The fourth-order valence-electron chi connectivity index (χ4n) is 7.21. The van der Waals surface area contributed by atoms with E-state index in [9.17, 15) is 4.79 Å². The molecule has 10 nitrogen and oxygen atoms in total. The number of carbonyl (C=O) groups excluding carboxylic acids is 1. The minimum atomic E-state index is -1.02. The second-order valence-corrected chi connectivity index (χ2v) is 15.7. The lowest BCUT2D eigenvalue weighted by Gasteiger charge is -2.40. The molecule has 4 aliphatic heterocycles. The number of carbonyl (C=O) groups is 1. The van der Waals surface area contributed by atoms with Crippen molar-refractivity contribution in [3.8, 4) is 0 Å². The van der Waals surface area contributed by atoms with Gasteiger partial charge in [0.05, 0.1) is 18.6 Å². The zero-order valence-electron chi connectivity index (χ0n) is 30.9. The van der Waals surface area contributed by atoms with E-state index in [1.54, 1.807) is 6.08 Å². The van der Waals surface area contributed by atoms with Crippen LogP contribution in [0.5, 0.6) is 0 Å². The number of esters is 1. The Balaban J connectivity index is 1.20. The molecule has 4 aliphatic rings. The third-order valence-corrected chi connectivity index (χ3v) is 9.71. The third kappa shape index (κ3) is 7.62. The van der Waals surface area contributed by atoms with Crippen LogP contribution in [0.2, 0.25) is 0 Å². The molecular formula is C42H50O10. The highest BCUT2D eigenvalue weighted by Gasteiger charge is 2.59. The maximum atomic E-state index is 13.3. The minimum absolute atomic E-state index is 0.0437. The van der Waals surface area contributed by atoms with Gasteiger partial charge in [0.1, 0.15) is 42.2 Å². The van der Waals surface area contributed by atoms with Gasteiger partial charge >= 0.3 is 5.97 Å². The van der Waals surface area contributed by atoms with Gasteiger partial charge in [0.25, 0.3) is 0 Å². The van der Waals surface area contributed by atoms with Crippen LogP contribution in [-0.4, -0.2) is 80.0 Å². The van der Waals surface area contributed by atoms with E-state index >= 15 is 0 Å². The Morgan fingerprint density at radius 1 is 0.731 bits per heavy atom. The lowest BCUT2D eigenvalue weighted by atomic mass is 9.80. The third-order valence-electron chi connectivity index (χ3n) is 9.71. The molecule has 52 heavy (non-hydrogen) atoms. The Morgan fingerprint density at radius 2 is 1.31 bits per heavy atom. The number of fused-ring (bicyclic) bond motifs is 1. The van der Waals surface area contributed by atoms with E-state index in [1.165, 1.54) is 0 Å². The van der Waals surface area contributed by atoms with Gasteiger partial charge in [-0.1, -0.05) is 91.0 Å². The molecule has 0 N–H and O–H groups in total. The molecule has 278 valence electrons. The van der Waals surface area contributed by atoms with Gasteiger partial charge in [-0.25, -0.2) is 0 Å². The van der Waals surface area contributed by atoms with Gasteiger partial charge in [-0.05, 0) is 77.3 Å². The molecule has 3 aromatic carbocycles. The predicted octanol–water partition coefficient (Wildman–Crippen LogP) is 6.65. The monoisotopic (exact) mass is 714 g/mol. The maximum Gasteiger partial charge on any atom is 0.311 e. The highest BCUT2D eigenvalue weighted by atomic mass is 16.9. The van der Waals surface area contributed by atoms with Crippen molar-refractivity contribution in [1.29, 1.82) is 0 Å². The molecule has 0 radical (unpaired) electrons. The van der Waals surface area contributed by atoms with Crippen LogP contribution in [0, 0.1) is 5.41 Å². The summed E-state index contributed by atoms with van der Waals surface area (Å²) in [5.41, 5.74) is 1.06. The molecule has 7 rings (SSSR count). The molecule has 0 aromatic heterocycles. The molecular weight excluding hydrogens is 664 g/mol. The molecule has 3 aromatic rings. The van der Waals surface area contributed by atoms with Crippen molar-refractivity contribution in [3.63, 3.8) is 0 Å². The van der Waals surface area contributed by atoms with E-state index < -0.39 is 71.8 Å². The van der Waals surface area contributed by atoms with Crippen LogP contribution in [0.3, 0.4) is 0 Å². The Hall–Kier alpha value is -3.45. The molecule has 0 amide bonds. The fourth-order valence-corrected chi connectivity index (χ4v) is 7.21. The summed E-state index contributed by atoms with van der Waals surface area (Å²) in [4.78, 5) is 13.3. The van der Waals surface area contributed by atoms with Gasteiger partial charge in [-0.15, -0.1) is 0 Å². The normalized spacial score (nSPS) is 31.0. The van der Waals surface area contributed by atoms with Gasteiger partial charge in [0.15, 0.2) is 24.2 Å². The van der Waals surface area contributed by atoms with Crippen molar-refractivity contribution < 1.29 is 47.4 Å². The Bertz CT molecular complexity index is 1590. The molecule has 4 heterocycles. The Kier molecular flexibility index (Phi) is 10.2. The van der Waals surface area contributed by atoms with Crippen molar-refractivity contribution in [2.75, 3.05) is 13.2 Å². The standard InChI is InChI=1S/C42H50O10/c1-39(2,3)38(43)47-30-23-24-33(48-35-34(32-26-44-40(4,5)50-32)49-37-36(35)51-41(6,7)52-37)46-31(30)25-45-42(27-17-11-8-12-18-27,28-19-13-9-14-20-28)29-21-15-10-16-22-29/h8-24,30-37H,25-26H2,1-7H3/t30-,31+,32-,33+,34+,35-,36+,37+/m0/s1. The molecule has 0 bridgehead atoms. The van der Waals surface area contributed by atoms with Crippen LogP contribution < -0.4 is 0 Å². The van der Waals surface area contributed by atoms with Crippen molar-refractivity contribution in [2.24, 2.45) is 5.41 Å². The molecule has 3 fully saturated rings. The van der Waals surface area contributed by atoms with Gasteiger partial charge in [-0.3, -0.25) is 4.79 Å². The summed E-state index contributed by atoms with van der Waals surface area (Å²) in [7, 11) is 0. The van der Waals surface area contributed by atoms with E-state index in [-0.39, 0.29) is 12.6 Å². The SMILES string of the molecule is CC1(C)O[C@H]2O[C@H]([C@@H]3COC(C)(C)O3)[C@H](O[C@@H]3C=C[C@H](OC(=O)C(C)(C)C)[C@@H](COC(c4ccccc4)(c4ccccc4)c4ccccc4)O3)[C@H]2O1. The van der Waals surface area contributed by atoms with Crippen molar-refractivity contribution in [2.45, 2.75) is 115 Å². The highest BCUT2D eigenvalue weighted by Crippen LogP contribution is 2.44. The maximum absolute atomic E-state index is 13.3. The van der Waals surface area contributed by atoms with Gasteiger partial charge < -0.3 is 42.6 Å². The lowest BCUT2D eigenvalue weighted by molar-refractivity contribution is -0.262. The number of hydrogen-bond donors (Lipinski definition) is 0. The number of rotatable bonds is 10. The number of benzene rings is 3. The summed E-state index contributed by atoms with van der Waals surface area (Å²) >= 11 is 0. The van der Waals surface area contributed by atoms with E-state index in [0.29, 0.717) is 6.61 Å². The summed E-state index contributed by atoms with van der Waals surface area (Å²) in [5.74, 6) is -1.99. The first-order valence-electron chi connectivity index (χ1n) is 18.1. The van der Waals surface area contributed by atoms with E-state index in [0.717, 1.165) is 16.7 Å². The molecule has 8 atom stereocenters. The molecule has 0 unspecified atom stereocenters. The molecule has 0 spiro atoms. The topological polar surface area (TPSA) is 100 Å². The Morgan fingerprint density at radius 3 is 1.83 bits per heavy atom. The second kappa shape index (κ2) is 14.4. The summed E-state index contributed by atoms with van der Waals surface area (Å²) in [6.45, 7) is 13.3. The van der Waals surface area contributed by atoms with Crippen LogP contribution in [-0.2, 0) is 53.0 Å². The summed E-state index contributed by atoms with van der Waals surface area (Å²) in [6.07, 6.45) is -1.61. The largest absolute Gasteiger partial charge is 0.455 e. The average Bonchev–Trinajstić information content (AvgIpc) is 3.75. The average molecular weight is 715 g/mol. The zero-order valence-corrected chi connectivity index (χ0v) is 30.9. The van der Waals surface area contributed by atoms with Crippen molar-refractivity contribution in [1.82, 2.24) is 0 Å². The molecule has 0 aliphatic carbocycles. The van der Waals surface area contributed by atoms with Crippen LogP contribution in [0.15, 0.2) is 103 Å². The summed E-state index contributed by atoms with van der Waals surface area (Å²) < 4.78 is 57.5. The Labute approximate surface area is 306 Å². The van der Waals surface area contributed by atoms with Gasteiger partial charge in [-0.2, -0.15) is 0 Å². The second-order valence-electron chi connectivity index (χ2n) is 15.7. The first-order chi connectivity index (χ1) is 24.7. The quantitative estimate of drug-likeness (QED) is 0.129. The van der Waals surface area contributed by atoms with Crippen LogP contribution in [0.25, 0.3) is 0 Å². The van der Waals surface area contributed by atoms with Crippen molar-refractivity contribution >= 4 is 5.97 Å². The molecule has 3 saturated heterocycles. The van der Waals surface area contributed by atoms with Crippen LogP contribution >= 0.6 is 0 Å². The zero-order chi connectivity index (χ0) is 36.7. The number of hydrogen-bond acceptors (Lipinski definition) is 10. The molecule has 0 saturated carbocycles. The smallest absolute Gasteiger partial charge is 0.311 e. The first kappa shape index (κ1) is 36.9. The van der Waals surface area contributed by atoms with E-state index in [1.807, 2.05) is 109 Å². The highest BCUT2D eigenvalue weighted by molar-refractivity contribution is 5.75. The van der Waals surface area contributed by atoms with Crippen molar-refractivity contribution in [3.05, 3.63) is 120 Å². The summed E-state index contributed by atoms with van der Waals surface area (Å²) in [5, 5.41) is 0. The summed E-state index contributed by atoms with van der Waals surface area (Å²) in [6, 6.07) is 30.3. The van der Waals surface area contributed by atoms with Crippen LogP contribution in [0.1, 0.15) is 65.2 Å². The van der Waals surface area contributed by atoms with Crippen LogP contribution in [0.4, 0.5) is 0 Å². The lowest BCUT2D eigenvalue weighted by Crippen LogP contribution is -2.49. The predicted molar refractivity (Wildman–Crippen MR) is 191 cm³/mol. The number of ether oxygens (including phenoxy) is 9. The van der Waals surface area contributed by atoms with E-state index in [4.69, 9.17) is 42.6 Å².